The van der Waals surface area contributed by atoms with Crippen LogP contribution in [-0.2, 0) is 0 Å². The molecule has 2 atom stereocenters. The highest BCUT2D eigenvalue weighted by Crippen LogP contribution is 2.40. The molecule has 2 aromatic rings. The molecule has 0 saturated carbocycles. The lowest BCUT2D eigenvalue weighted by molar-refractivity contribution is -0.105. The molecule has 0 radical (unpaired) electrons. The highest BCUT2D eigenvalue weighted by molar-refractivity contribution is 7.99. The summed E-state index contributed by atoms with van der Waals surface area (Å²) in [7, 11) is 0. The fourth-order valence-electron chi connectivity index (χ4n) is 2.32. The van der Waals surface area contributed by atoms with Gasteiger partial charge in [0, 0.05) is 6.42 Å². The predicted octanol–water partition coefficient (Wildman–Crippen LogP) is 3.94. The minimum Gasteiger partial charge on any atom is -0.239 e. The first-order valence-corrected chi connectivity index (χ1v) is 7.27. The molecule has 2 unspecified atom stereocenters. The number of thioether (sulfide) groups is 1. The molecule has 0 saturated heterocycles. The van der Waals surface area contributed by atoms with Gasteiger partial charge in [0.2, 0.25) is 5.16 Å². The van der Waals surface area contributed by atoms with E-state index < -0.39 is 18.1 Å². The Morgan fingerprint density at radius 1 is 1.24 bits per heavy atom. The number of alkyl halides is 4. The molecule has 3 nitrogen and oxygen atoms in total. The van der Waals surface area contributed by atoms with Crippen LogP contribution in [0.4, 0.5) is 17.6 Å². The van der Waals surface area contributed by atoms with Crippen molar-refractivity contribution in [2.75, 3.05) is 5.75 Å². The van der Waals surface area contributed by atoms with Gasteiger partial charge >= 0.3 is 6.18 Å². The molecule has 0 amide bonds. The van der Waals surface area contributed by atoms with Crippen LogP contribution in [0.25, 0.3) is 0 Å². The molecule has 0 N–H and O–H groups in total. The van der Waals surface area contributed by atoms with Gasteiger partial charge in [0.05, 0.1) is 11.8 Å². The zero-order valence-corrected chi connectivity index (χ0v) is 11.5. The van der Waals surface area contributed by atoms with Crippen molar-refractivity contribution in [1.82, 2.24) is 14.8 Å². The van der Waals surface area contributed by atoms with Crippen LogP contribution in [0, 0.1) is 0 Å². The summed E-state index contributed by atoms with van der Waals surface area (Å²) < 4.78 is 52.0. The number of rotatable bonds is 3. The van der Waals surface area contributed by atoms with Crippen molar-refractivity contribution in [1.29, 1.82) is 0 Å². The van der Waals surface area contributed by atoms with E-state index >= 15 is 0 Å². The predicted molar refractivity (Wildman–Crippen MR) is 69.8 cm³/mol. The van der Waals surface area contributed by atoms with Crippen LogP contribution in [0.15, 0.2) is 35.5 Å². The molecule has 1 aliphatic heterocycles. The number of hydrogen-bond donors (Lipinski definition) is 0. The summed E-state index contributed by atoms with van der Waals surface area (Å²) in [6.07, 6.45) is -5.39. The minimum atomic E-state index is -4.30. The summed E-state index contributed by atoms with van der Waals surface area (Å²) in [6, 6.07) is 8.88. The summed E-state index contributed by atoms with van der Waals surface area (Å²) in [5.74, 6) is -0.975. The Balaban J connectivity index is 1.84. The standard InChI is InChI=1S/C13H11F4N3S/c14-9-6-10(8-4-2-1-3-5-8)20-11(9)18-12(19-20)21-7-13(15,16)17/h1-5,9-10H,6-7H2. The Morgan fingerprint density at radius 2 is 1.95 bits per heavy atom. The van der Waals surface area contributed by atoms with E-state index in [1.54, 1.807) is 0 Å². The van der Waals surface area contributed by atoms with E-state index in [0.717, 1.165) is 5.56 Å². The quantitative estimate of drug-likeness (QED) is 0.635. The topological polar surface area (TPSA) is 30.7 Å². The van der Waals surface area contributed by atoms with Gasteiger partial charge in [0.15, 0.2) is 12.0 Å². The van der Waals surface area contributed by atoms with E-state index in [1.165, 1.54) is 4.68 Å². The fourth-order valence-corrected chi connectivity index (χ4v) is 2.92. The van der Waals surface area contributed by atoms with Gasteiger partial charge in [-0.05, 0) is 5.56 Å². The molecular formula is C13H11F4N3S. The largest absolute Gasteiger partial charge is 0.398 e. The second-order valence-corrected chi connectivity index (χ2v) is 5.67. The number of fused-ring (bicyclic) bond motifs is 1. The maximum absolute atomic E-state index is 14.0. The Bertz CT molecular complexity index is 626. The van der Waals surface area contributed by atoms with Crippen LogP contribution < -0.4 is 0 Å². The molecule has 8 heteroatoms. The van der Waals surface area contributed by atoms with Gasteiger partial charge in [-0.25, -0.2) is 14.1 Å². The van der Waals surface area contributed by atoms with Gasteiger partial charge in [0.25, 0.3) is 0 Å². The van der Waals surface area contributed by atoms with E-state index in [0.29, 0.717) is 11.8 Å². The van der Waals surface area contributed by atoms with Gasteiger partial charge in [-0.3, -0.25) is 0 Å². The van der Waals surface area contributed by atoms with Gasteiger partial charge in [-0.1, -0.05) is 42.1 Å². The SMILES string of the molecule is FC1CC(c2ccccc2)n2nc(SCC(F)(F)F)nc21. The number of benzene rings is 1. The van der Waals surface area contributed by atoms with Gasteiger partial charge in [0.1, 0.15) is 0 Å². The fraction of sp³-hybridized carbons (Fsp3) is 0.385. The summed E-state index contributed by atoms with van der Waals surface area (Å²) >= 11 is 0.476. The second-order valence-electron chi connectivity index (χ2n) is 4.73. The van der Waals surface area contributed by atoms with Crippen molar-refractivity contribution in [2.24, 2.45) is 0 Å². The van der Waals surface area contributed by atoms with E-state index in [1.807, 2.05) is 30.3 Å². The first-order valence-electron chi connectivity index (χ1n) is 6.29. The zero-order valence-electron chi connectivity index (χ0n) is 10.7. The van der Waals surface area contributed by atoms with Crippen molar-refractivity contribution >= 4 is 11.8 Å². The van der Waals surface area contributed by atoms with E-state index in [9.17, 15) is 17.6 Å². The minimum absolute atomic E-state index is 0.0365. The monoisotopic (exact) mass is 317 g/mol. The van der Waals surface area contributed by atoms with Crippen LogP contribution >= 0.6 is 11.8 Å². The average Bonchev–Trinajstić information content (AvgIpc) is 2.98. The smallest absolute Gasteiger partial charge is 0.239 e. The maximum Gasteiger partial charge on any atom is 0.398 e. The molecule has 0 aliphatic carbocycles. The van der Waals surface area contributed by atoms with E-state index in [-0.39, 0.29) is 23.4 Å². The molecule has 0 bridgehead atoms. The van der Waals surface area contributed by atoms with Crippen molar-refractivity contribution in [3.05, 3.63) is 41.7 Å². The normalized spacial score (nSPS) is 21.5. The third-order valence-electron chi connectivity index (χ3n) is 3.19. The van der Waals surface area contributed by atoms with Crippen LogP contribution in [0.5, 0.6) is 0 Å². The molecule has 1 aliphatic rings. The van der Waals surface area contributed by atoms with Crippen LogP contribution in [0.1, 0.15) is 30.0 Å². The van der Waals surface area contributed by atoms with Crippen molar-refractivity contribution in [2.45, 2.75) is 30.0 Å². The number of nitrogens with zero attached hydrogens (tertiary/aromatic N) is 3. The van der Waals surface area contributed by atoms with Crippen LogP contribution in [-0.4, -0.2) is 26.7 Å². The molecule has 2 heterocycles. The lowest BCUT2D eigenvalue weighted by atomic mass is 10.0. The molecular weight excluding hydrogens is 306 g/mol. The molecule has 0 fully saturated rings. The highest BCUT2D eigenvalue weighted by Gasteiger charge is 2.36. The lowest BCUT2D eigenvalue weighted by Crippen LogP contribution is -2.11. The van der Waals surface area contributed by atoms with Gasteiger partial charge < -0.3 is 0 Å². The zero-order chi connectivity index (χ0) is 15.0. The highest BCUT2D eigenvalue weighted by atomic mass is 32.2. The summed E-state index contributed by atoms with van der Waals surface area (Å²) in [5, 5.41) is 3.99. The van der Waals surface area contributed by atoms with Crippen LogP contribution in [0.3, 0.4) is 0 Å². The van der Waals surface area contributed by atoms with E-state index in [4.69, 9.17) is 0 Å². The third-order valence-corrected chi connectivity index (χ3v) is 4.10. The molecule has 112 valence electrons. The Hall–Kier alpha value is -1.57. The van der Waals surface area contributed by atoms with E-state index in [2.05, 4.69) is 10.1 Å². The summed E-state index contributed by atoms with van der Waals surface area (Å²) in [6.45, 7) is 0. The summed E-state index contributed by atoms with van der Waals surface area (Å²) in [5.41, 5.74) is 0.871. The van der Waals surface area contributed by atoms with Crippen molar-refractivity contribution in [3.8, 4) is 0 Å². The Kier molecular flexibility index (Phi) is 3.64. The molecule has 21 heavy (non-hydrogen) atoms. The third kappa shape index (κ3) is 3.04. The number of halogens is 4. The number of aromatic nitrogens is 3. The lowest BCUT2D eigenvalue weighted by Gasteiger charge is -2.11. The van der Waals surface area contributed by atoms with Crippen molar-refractivity contribution < 1.29 is 17.6 Å². The van der Waals surface area contributed by atoms with Crippen molar-refractivity contribution in [3.63, 3.8) is 0 Å². The number of hydrogen-bond acceptors (Lipinski definition) is 3. The molecule has 0 spiro atoms. The maximum atomic E-state index is 14.0. The second kappa shape index (κ2) is 5.32. The first kappa shape index (κ1) is 14.4. The summed E-state index contributed by atoms with van der Waals surface area (Å²) in [4.78, 5) is 3.89. The average molecular weight is 317 g/mol. The molecule has 3 rings (SSSR count). The van der Waals surface area contributed by atoms with Gasteiger partial charge in [-0.15, -0.1) is 5.10 Å². The molecule has 1 aromatic heterocycles. The first-order chi connectivity index (χ1) is 9.94. The van der Waals surface area contributed by atoms with Gasteiger partial charge in [-0.2, -0.15) is 13.2 Å². The molecule has 1 aromatic carbocycles. The Morgan fingerprint density at radius 3 is 2.62 bits per heavy atom. The Labute approximate surface area is 122 Å². The van der Waals surface area contributed by atoms with Crippen LogP contribution in [0.2, 0.25) is 0 Å².